The number of rotatable bonds is 4. The van der Waals surface area contributed by atoms with Crippen LogP contribution >= 0.6 is 0 Å². The molecule has 2 nitrogen and oxygen atoms in total. The topological polar surface area (TPSA) is 39.2 Å². The first-order valence-electron chi connectivity index (χ1n) is 5.56. The van der Waals surface area contributed by atoms with E-state index in [1.807, 2.05) is 6.07 Å². The van der Waals surface area contributed by atoms with E-state index >= 15 is 0 Å². The fourth-order valence-corrected chi connectivity index (χ4v) is 1.81. The summed E-state index contributed by atoms with van der Waals surface area (Å²) < 4.78 is 5.03. The van der Waals surface area contributed by atoms with Crippen LogP contribution in [0.4, 0.5) is 0 Å². The summed E-state index contributed by atoms with van der Waals surface area (Å²) in [4.78, 5) is 0. The Morgan fingerprint density at radius 2 is 1.75 bits per heavy atom. The van der Waals surface area contributed by atoms with Crippen molar-refractivity contribution in [2.45, 2.75) is 25.8 Å². The van der Waals surface area contributed by atoms with Crippen LogP contribution < -0.4 is 5.73 Å². The summed E-state index contributed by atoms with van der Waals surface area (Å²) in [6, 6.07) is 10.7. The maximum atomic E-state index is 6.09. The van der Waals surface area contributed by atoms with Gasteiger partial charge < -0.3 is 10.2 Å². The van der Waals surface area contributed by atoms with E-state index in [9.17, 15) is 0 Å². The van der Waals surface area contributed by atoms with Crippen molar-refractivity contribution in [3.63, 3.8) is 0 Å². The minimum Gasteiger partial charge on any atom is -0.472 e. The standard InChI is InChI=1S/C14H17NO/c1-11-2-4-12(5-3-11)8-14(15)9-13-6-7-16-10-13/h2-7,10,14H,8-9,15H2,1H3. The molecule has 0 saturated heterocycles. The van der Waals surface area contributed by atoms with Crippen LogP contribution in [-0.4, -0.2) is 6.04 Å². The Hall–Kier alpha value is -1.54. The highest BCUT2D eigenvalue weighted by atomic mass is 16.3. The van der Waals surface area contributed by atoms with Crippen molar-refractivity contribution in [3.05, 3.63) is 59.5 Å². The van der Waals surface area contributed by atoms with E-state index < -0.39 is 0 Å². The van der Waals surface area contributed by atoms with Crippen LogP contribution in [0.1, 0.15) is 16.7 Å². The van der Waals surface area contributed by atoms with Crippen LogP contribution in [0.5, 0.6) is 0 Å². The van der Waals surface area contributed by atoms with Crippen LogP contribution in [0.25, 0.3) is 0 Å². The van der Waals surface area contributed by atoms with Crippen LogP contribution in [0.3, 0.4) is 0 Å². The number of nitrogens with two attached hydrogens (primary N) is 1. The van der Waals surface area contributed by atoms with E-state index in [0.717, 1.165) is 12.8 Å². The average molecular weight is 215 g/mol. The van der Waals surface area contributed by atoms with E-state index in [2.05, 4.69) is 31.2 Å². The van der Waals surface area contributed by atoms with E-state index in [1.54, 1.807) is 12.5 Å². The zero-order chi connectivity index (χ0) is 11.4. The molecule has 0 fully saturated rings. The van der Waals surface area contributed by atoms with Gasteiger partial charge in [-0.15, -0.1) is 0 Å². The highest BCUT2D eigenvalue weighted by Crippen LogP contribution is 2.09. The molecule has 0 amide bonds. The Morgan fingerprint density at radius 3 is 2.38 bits per heavy atom. The van der Waals surface area contributed by atoms with E-state index in [4.69, 9.17) is 10.2 Å². The van der Waals surface area contributed by atoms with Crippen molar-refractivity contribution in [1.29, 1.82) is 0 Å². The Labute approximate surface area is 96.1 Å². The first-order chi connectivity index (χ1) is 7.74. The minimum atomic E-state index is 0.153. The molecule has 2 aromatic rings. The molecule has 0 radical (unpaired) electrons. The van der Waals surface area contributed by atoms with Gasteiger partial charge in [-0.05, 0) is 37.0 Å². The molecule has 84 valence electrons. The lowest BCUT2D eigenvalue weighted by molar-refractivity contribution is 0.559. The average Bonchev–Trinajstić information content (AvgIpc) is 2.74. The fraction of sp³-hybridized carbons (Fsp3) is 0.286. The van der Waals surface area contributed by atoms with Crippen molar-refractivity contribution < 1.29 is 4.42 Å². The largest absolute Gasteiger partial charge is 0.472 e. The summed E-state index contributed by atoms with van der Waals surface area (Å²) in [6.07, 6.45) is 5.22. The lowest BCUT2D eigenvalue weighted by Crippen LogP contribution is -2.25. The van der Waals surface area contributed by atoms with Gasteiger partial charge in [-0.25, -0.2) is 0 Å². The molecule has 1 heterocycles. The maximum Gasteiger partial charge on any atom is 0.0935 e. The molecule has 0 saturated carbocycles. The molecule has 2 rings (SSSR count). The summed E-state index contributed by atoms with van der Waals surface area (Å²) in [5.74, 6) is 0. The molecule has 0 bridgehead atoms. The number of benzene rings is 1. The first kappa shape index (κ1) is 11.0. The molecule has 2 heteroatoms. The number of furan rings is 1. The Morgan fingerprint density at radius 1 is 1.06 bits per heavy atom. The normalized spacial score (nSPS) is 12.6. The van der Waals surface area contributed by atoms with Crippen molar-refractivity contribution >= 4 is 0 Å². The van der Waals surface area contributed by atoms with Gasteiger partial charge in [-0.3, -0.25) is 0 Å². The highest BCUT2D eigenvalue weighted by molar-refractivity contribution is 5.22. The summed E-state index contributed by atoms with van der Waals surface area (Å²) in [5, 5.41) is 0. The van der Waals surface area contributed by atoms with E-state index in [0.29, 0.717) is 0 Å². The van der Waals surface area contributed by atoms with Gasteiger partial charge in [0.1, 0.15) is 0 Å². The smallest absolute Gasteiger partial charge is 0.0935 e. The van der Waals surface area contributed by atoms with Gasteiger partial charge >= 0.3 is 0 Å². The number of aryl methyl sites for hydroxylation is 1. The zero-order valence-electron chi connectivity index (χ0n) is 9.52. The third-order valence-corrected chi connectivity index (χ3v) is 2.70. The van der Waals surface area contributed by atoms with Crippen molar-refractivity contribution in [2.24, 2.45) is 5.73 Å². The lowest BCUT2D eigenvalue weighted by Gasteiger charge is -2.10. The minimum absolute atomic E-state index is 0.153. The van der Waals surface area contributed by atoms with Crippen LogP contribution in [0, 0.1) is 6.92 Å². The van der Waals surface area contributed by atoms with Gasteiger partial charge in [-0.1, -0.05) is 29.8 Å². The summed E-state index contributed by atoms with van der Waals surface area (Å²) >= 11 is 0. The van der Waals surface area contributed by atoms with E-state index in [-0.39, 0.29) is 6.04 Å². The number of hydrogen-bond acceptors (Lipinski definition) is 2. The van der Waals surface area contributed by atoms with Crippen molar-refractivity contribution in [2.75, 3.05) is 0 Å². The van der Waals surface area contributed by atoms with Gasteiger partial charge in [0.2, 0.25) is 0 Å². The SMILES string of the molecule is Cc1ccc(CC(N)Cc2ccoc2)cc1. The Balaban J connectivity index is 1.92. The van der Waals surface area contributed by atoms with Crippen molar-refractivity contribution in [1.82, 2.24) is 0 Å². The van der Waals surface area contributed by atoms with Gasteiger partial charge in [-0.2, -0.15) is 0 Å². The molecule has 2 N–H and O–H groups in total. The van der Waals surface area contributed by atoms with Crippen molar-refractivity contribution in [3.8, 4) is 0 Å². The first-order valence-corrected chi connectivity index (χ1v) is 5.56. The third kappa shape index (κ3) is 2.97. The second kappa shape index (κ2) is 4.99. The van der Waals surface area contributed by atoms with Crippen LogP contribution in [0.2, 0.25) is 0 Å². The Bertz CT molecular complexity index is 417. The fourth-order valence-electron chi connectivity index (χ4n) is 1.81. The van der Waals surface area contributed by atoms with Crippen LogP contribution in [-0.2, 0) is 12.8 Å². The van der Waals surface area contributed by atoms with Crippen LogP contribution in [0.15, 0.2) is 47.3 Å². The highest BCUT2D eigenvalue weighted by Gasteiger charge is 2.06. The molecule has 1 aromatic carbocycles. The second-order valence-electron chi connectivity index (χ2n) is 4.29. The molecule has 0 aliphatic heterocycles. The zero-order valence-corrected chi connectivity index (χ0v) is 9.52. The molecule has 1 unspecified atom stereocenters. The lowest BCUT2D eigenvalue weighted by atomic mass is 10.0. The summed E-state index contributed by atoms with van der Waals surface area (Å²) in [5.41, 5.74) is 9.84. The monoisotopic (exact) mass is 215 g/mol. The van der Waals surface area contributed by atoms with Gasteiger partial charge in [0.25, 0.3) is 0 Å². The quantitative estimate of drug-likeness (QED) is 0.851. The molecule has 1 aromatic heterocycles. The molecular weight excluding hydrogens is 198 g/mol. The van der Waals surface area contributed by atoms with E-state index in [1.165, 1.54) is 16.7 Å². The van der Waals surface area contributed by atoms with Gasteiger partial charge in [0.15, 0.2) is 0 Å². The molecule has 0 aliphatic rings. The molecule has 0 aliphatic carbocycles. The van der Waals surface area contributed by atoms with Gasteiger partial charge in [0, 0.05) is 6.04 Å². The molecule has 16 heavy (non-hydrogen) atoms. The second-order valence-corrected chi connectivity index (χ2v) is 4.29. The predicted octanol–water partition coefficient (Wildman–Crippen LogP) is 2.70. The summed E-state index contributed by atoms with van der Waals surface area (Å²) in [6.45, 7) is 2.09. The predicted molar refractivity (Wildman–Crippen MR) is 65.3 cm³/mol. The molecular formula is C14H17NO. The maximum absolute atomic E-state index is 6.09. The molecule has 1 atom stereocenters. The van der Waals surface area contributed by atoms with Gasteiger partial charge in [0.05, 0.1) is 12.5 Å². The third-order valence-electron chi connectivity index (χ3n) is 2.70. The number of hydrogen-bond donors (Lipinski definition) is 1. The Kier molecular flexibility index (Phi) is 3.42. The molecule has 0 spiro atoms. The summed E-state index contributed by atoms with van der Waals surface area (Å²) in [7, 11) is 0.